The predicted octanol–water partition coefficient (Wildman–Crippen LogP) is 3.75. The topological polar surface area (TPSA) is 29.3 Å². The molecule has 0 bridgehead atoms. The first kappa shape index (κ1) is 13.8. The van der Waals surface area contributed by atoms with Crippen molar-refractivity contribution in [2.45, 2.75) is 6.42 Å². The van der Waals surface area contributed by atoms with Crippen LogP contribution in [0.5, 0.6) is 0 Å². The second-order valence-corrected chi connectivity index (χ2v) is 4.76. The molecule has 0 unspecified atom stereocenters. The molecule has 0 saturated carbocycles. The minimum Gasteiger partial charge on any atom is -0.342 e. The van der Waals surface area contributed by atoms with E-state index in [0.29, 0.717) is 23.7 Å². The molecule has 0 saturated heterocycles. The molecule has 2 N–H and O–H groups in total. The molecular weight excluding hydrogens is 263 g/mol. The van der Waals surface area contributed by atoms with Gasteiger partial charge in [-0.15, -0.1) is 0 Å². The van der Waals surface area contributed by atoms with Crippen LogP contribution in [0.25, 0.3) is 0 Å². The summed E-state index contributed by atoms with van der Waals surface area (Å²) in [5.41, 5.74) is 8.07. The molecule has 0 amide bonds. The molecule has 0 aromatic heterocycles. The van der Waals surface area contributed by atoms with E-state index in [4.69, 9.17) is 17.3 Å². The molecule has 0 radical (unpaired) electrons. The monoisotopic (exact) mass is 278 g/mol. The Morgan fingerprint density at radius 1 is 1.16 bits per heavy atom. The van der Waals surface area contributed by atoms with Gasteiger partial charge < -0.3 is 10.6 Å². The standard InChI is InChI=1S/C15H16ClFN2/c1-19(15-5-3-2-4-13(15)17)14-7-6-12(16)10-11(14)8-9-18/h2-7,10H,8-9,18H2,1H3. The quantitative estimate of drug-likeness (QED) is 0.923. The van der Waals surface area contributed by atoms with Gasteiger partial charge in [0.15, 0.2) is 0 Å². The van der Waals surface area contributed by atoms with Crippen LogP contribution < -0.4 is 10.6 Å². The van der Waals surface area contributed by atoms with Crippen LogP contribution in [0.1, 0.15) is 5.56 Å². The third-order valence-corrected chi connectivity index (χ3v) is 3.27. The summed E-state index contributed by atoms with van der Waals surface area (Å²) in [4.78, 5) is 1.82. The van der Waals surface area contributed by atoms with E-state index in [1.807, 2.05) is 30.1 Å². The number of nitrogens with zero attached hydrogens (tertiary/aromatic N) is 1. The van der Waals surface area contributed by atoms with Gasteiger partial charge in [0.2, 0.25) is 0 Å². The van der Waals surface area contributed by atoms with Gasteiger partial charge in [-0.25, -0.2) is 4.39 Å². The predicted molar refractivity (Wildman–Crippen MR) is 78.7 cm³/mol. The first-order valence-electron chi connectivity index (χ1n) is 6.10. The van der Waals surface area contributed by atoms with Crippen molar-refractivity contribution >= 4 is 23.0 Å². The Morgan fingerprint density at radius 2 is 1.89 bits per heavy atom. The molecule has 0 atom stereocenters. The third-order valence-electron chi connectivity index (χ3n) is 3.03. The summed E-state index contributed by atoms with van der Waals surface area (Å²) < 4.78 is 13.8. The normalized spacial score (nSPS) is 10.5. The lowest BCUT2D eigenvalue weighted by molar-refractivity contribution is 0.627. The van der Waals surface area contributed by atoms with Crippen LogP contribution in [0.2, 0.25) is 5.02 Å². The Labute approximate surface area is 117 Å². The van der Waals surface area contributed by atoms with Crippen molar-refractivity contribution in [3.8, 4) is 0 Å². The SMILES string of the molecule is CN(c1ccccc1F)c1ccc(Cl)cc1CCN. The van der Waals surface area contributed by atoms with Crippen LogP contribution in [-0.4, -0.2) is 13.6 Å². The molecule has 2 rings (SSSR count). The van der Waals surface area contributed by atoms with Crippen LogP contribution in [0.3, 0.4) is 0 Å². The molecule has 19 heavy (non-hydrogen) atoms. The van der Waals surface area contributed by atoms with E-state index in [2.05, 4.69) is 0 Å². The molecule has 0 aliphatic rings. The van der Waals surface area contributed by atoms with Gasteiger partial charge >= 0.3 is 0 Å². The molecule has 0 aliphatic carbocycles. The van der Waals surface area contributed by atoms with Crippen molar-refractivity contribution in [1.29, 1.82) is 0 Å². The number of rotatable bonds is 4. The van der Waals surface area contributed by atoms with E-state index >= 15 is 0 Å². The van der Waals surface area contributed by atoms with Crippen molar-refractivity contribution in [3.05, 3.63) is 58.9 Å². The van der Waals surface area contributed by atoms with E-state index < -0.39 is 0 Å². The molecule has 2 nitrogen and oxygen atoms in total. The average Bonchev–Trinajstić information content (AvgIpc) is 2.39. The third kappa shape index (κ3) is 3.06. The summed E-state index contributed by atoms with van der Waals surface area (Å²) in [6.07, 6.45) is 0.703. The van der Waals surface area contributed by atoms with Crippen LogP contribution in [-0.2, 0) is 6.42 Å². The lowest BCUT2D eigenvalue weighted by Gasteiger charge is -2.23. The Hall–Kier alpha value is -1.58. The van der Waals surface area contributed by atoms with E-state index in [1.54, 1.807) is 18.2 Å². The Morgan fingerprint density at radius 3 is 2.58 bits per heavy atom. The molecular formula is C15H16ClFN2. The molecule has 0 heterocycles. The Kier molecular flexibility index (Phi) is 4.40. The second kappa shape index (κ2) is 6.04. The number of hydrogen-bond acceptors (Lipinski definition) is 2. The number of anilines is 2. The molecule has 2 aromatic carbocycles. The van der Waals surface area contributed by atoms with Gasteiger partial charge in [-0.3, -0.25) is 0 Å². The Balaban J connectivity index is 2.43. The van der Waals surface area contributed by atoms with Crippen LogP contribution >= 0.6 is 11.6 Å². The fourth-order valence-electron chi connectivity index (χ4n) is 2.09. The molecule has 4 heteroatoms. The smallest absolute Gasteiger partial charge is 0.146 e. The first-order valence-corrected chi connectivity index (χ1v) is 6.48. The fourth-order valence-corrected chi connectivity index (χ4v) is 2.29. The molecule has 0 fully saturated rings. The summed E-state index contributed by atoms with van der Waals surface area (Å²) in [7, 11) is 1.83. The molecule has 0 spiro atoms. The van der Waals surface area contributed by atoms with E-state index in [1.165, 1.54) is 6.07 Å². The summed E-state index contributed by atoms with van der Waals surface area (Å²) >= 11 is 6.00. The highest BCUT2D eigenvalue weighted by atomic mass is 35.5. The number of hydrogen-bond donors (Lipinski definition) is 1. The van der Waals surface area contributed by atoms with Crippen molar-refractivity contribution in [2.75, 3.05) is 18.5 Å². The lowest BCUT2D eigenvalue weighted by Crippen LogP contribution is -2.15. The van der Waals surface area contributed by atoms with Crippen molar-refractivity contribution < 1.29 is 4.39 Å². The van der Waals surface area contributed by atoms with Gasteiger partial charge in [0.05, 0.1) is 5.69 Å². The maximum atomic E-state index is 13.8. The second-order valence-electron chi connectivity index (χ2n) is 4.32. The number of benzene rings is 2. The van der Waals surface area contributed by atoms with Crippen LogP contribution in [0.4, 0.5) is 15.8 Å². The highest BCUT2D eigenvalue weighted by molar-refractivity contribution is 6.30. The van der Waals surface area contributed by atoms with Gasteiger partial charge in [-0.1, -0.05) is 23.7 Å². The zero-order chi connectivity index (χ0) is 13.8. The maximum Gasteiger partial charge on any atom is 0.146 e. The van der Waals surface area contributed by atoms with Crippen LogP contribution in [0.15, 0.2) is 42.5 Å². The van der Waals surface area contributed by atoms with Gasteiger partial charge in [0.25, 0.3) is 0 Å². The zero-order valence-corrected chi connectivity index (χ0v) is 11.5. The zero-order valence-electron chi connectivity index (χ0n) is 10.7. The van der Waals surface area contributed by atoms with E-state index in [-0.39, 0.29) is 5.82 Å². The Bertz CT molecular complexity index is 572. The summed E-state index contributed by atoms with van der Waals surface area (Å²) in [6.45, 7) is 0.526. The highest BCUT2D eigenvalue weighted by Gasteiger charge is 2.12. The largest absolute Gasteiger partial charge is 0.342 e. The lowest BCUT2D eigenvalue weighted by atomic mass is 10.1. The van der Waals surface area contributed by atoms with Gasteiger partial charge in [-0.05, 0) is 48.9 Å². The average molecular weight is 279 g/mol. The number of para-hydroxylation sites is 1. The molecule has 0 aliphatic heterocycles. The first-order chi connectivity index (χ1) is 9.13. The van der Waals surface area contributed by atoms with Crippen molar-refractivity contribution in [2.24, 2.45) is 5.73 Å². The van der Waals surface area contributed by atoms with Crippen molar-refractivity contribution in [3.63, 3.8) is 0 Å². The fraction of sp³-hybridized carbons (Fsp3) is 0.200. The maximum absolute atomic E-state index is 13.8. The number of halogens is 2. The van der Waals surface area contributed by atoms with Gasteiger partial charge in [0, 0.05) is 17.8 Å². The minimum atomic E-state index is -0.251. The number of nitrogens with two attached hydrogens (primary N) is 1. The van der Waals surface area contributed by atoms with Gasteiger partial charge in [-0.2, -0.15) is 0 Å². The van der Waals surface area contributed by atoms with E-state index in [0.717, 1.165) is 11.3 Å². The van der Waals surface area contributed by atoms with Crippen molar-refractivity contribution in [1.82, 2.24) is 0 Å². The molecule has 100 valence electrons. The summed E-state index contributed by atoms with van der Waals surface area (Å²) in [5.74, 6) is -0.251. The minimum absolute atomic E-state index is 0.251. The summed E-state index contributed by atoms with van der Waals surface area (Å²) in [6, 6.07) is 12.2. The highest BCUT2D eigenvalue weighted by Crippen LogP contribution is 2.30. The van der Waals surface area contributed by atoms with E-state index in [9.17, 15) is 4.39 Å². The summed E-state index contributed by atoms with van der Waals surface area (Å²) in [5, 5.41) is 0.661. The van der Waals surface area contributed by atoms with Crippen LogP contribution in [0, 0.1) is 5.82 Å². The molecule has 2 aromatic rings. The van der Waals surface area contributed by atoms with Gasteiger partial charge in [0.1, 0.15) is 5.82 Å².